The monoisotopic (exact) mass is 457 g/mol. The molecule has 10 heteroatoms. The van der Waals surface area contributed by atoms with E-state index in [1.54, 1.807) is 30.7 Å². The molecule has 4 heterocycles. The van der Waals surface area contributed by atoms with E-state index in [1.165, 1.54) is 6.07 Å². The van der Waals surface area contributed by atoms with Gasteiger partial charge in [-0.3, -0.25) is 9.88 Å². The van der Waals surface area contributed by atoms with E-state index in [1.807, 2.05) is 11.8 Å². The Morgan fingerprint density at radius 2 is 1.85 bits per heavy atom. The molecule has 0 aromatic carbocycles. The van der Waals surface area contributed by atoms with Crippen molar-refractivity contribution in [1.29, 1.82) is 0 Å². The molecule has 5 rings (SSSR count). The second kappa shape index (κ2) is 8.35. The van der Waals surface area contributed by atoms with Gasteiger partial charge in [-0.25, -0.2) is 15.0 Å². The van der Waals surface area contributed by atoms with E-state index in [0.717, 1.165) is 25.1 Å². The number of aliphatic hydroxyl groups excluding tert-OH is 1. The second-order valence-corrected chi connectivity index (χ2v) is 8.44. The predicted molar refractivity (Wildman–Crippen MR) is 112 cm³/mol. The Morgan fingerprint density at radius 1 is 1.06 bits per heavy atom. The highest BCUT2D eigenvalue weighted by atomic mass is 19.4. The first kappa shape index (κ1) is 21.7. The molecule has 1 aliphatic carbocycles. The van der Waals surface area contributed by atoms with Crippen molar-refractivity contribution >= 4 is 0 Å². The Balaban J connectivity index is 1.38. The van der Waals surface area contributed by atoms with E-state index < -0.39 is 18.0 Å². The van der Waals surface area contributed by atoms with E-state index in [9.17, 15) is 18.3 Å². The summed E-state index contributed by atoms with van der Waals surface area (Å²) in [4.78, 5) is 18.8. The van der Waals surface area contributed by atoms with Gasteiger partial charge < -0.3 is 9.84 Å². The molecule has 0 radical (unpaired) electrons. The Hall–Kier alpha value is -3.11. The van der Waals surface area contributed by atoms with Gasteiger partial charge in [-0.15, -0.1) is 0 Å². The molecule has 4 unspecified atom stereocenters. The number of nitrogens with zero attached hydrogens (tertiary/aromatic N) is 5. The number of hydrogen-bond donors (Lipinski definition) is 1. The summed E-state index contributed by atoms with van der Waals surface area (Å²) >= 11 is 0. The molecule has 2 aliphatic rings. The Bertz CT molecular complexity index is 1130. The lowest BCUT2D eigenvalue weighted by atomic mass is 10.0. The van der Waals surface area contributed by atoms with Crippen molar-refractivity contribution in [3.8, 4) is 17.3 Å². The van der Waals surface area contributed by atoms with Crippen LogP contribution in [0.25, 0.3) is 11.4 Å². The zero-order valence-corrected chi connectivity index (χ0v) is 17.8. The largest absolute Gasteiger partial charge is 0.473 e. The number of halogens is 3. The van der Waals surface area contributed by atoms with Crippen molar-refractivity contribution in [1.82, 2.24) is 24.8 Å². The maximum absolute atomic E-state index is 12.8. The first-order valence-electron chi connectivity index (χ1n) is 10.7. The first-order valence-corrected chi connectivity index (χ1v) is 10.7. The number of aromatic nitrogens is 4. The van der Waals surface area contributed by atoms with Crippen molar-refractivity contribution in [3.05, 3.63) is 65.9 Å². The maximum Gasteiger partial charge on any atom is 0.417 e. The number of aliphatic hydroxyl groups is 1. The molecule has 2 bridgehead atoms. The van der Waals surface area contributed by atoms with Crippen LogP contribution in [0.15, 0.2) is 49.1 Å². The lowest BCUT2D eigenvalue weighted by Crippen LogP contribution is -2.46. The van der Waals surface area contributed by atoms with Gasteiger partial charge in [0.15, 0.2) is 5.82 Å². The molecule has 33 heavy (non-hydrogen) atoms. The fourth-order valence-electron chi connectivity index (χ4n) is 4.89. The van der Waals surface area contributed by atoms with E-state index in [2.05, 4.69) is 19.9 Å². The Morgan fingerprint density at radius 3 is 2.52 bits per heavy atom. The van der Waals surface area contributed by atoms with E-state index >= 15 is 0 Å². The smallest absolute Gasteiger partial charge is 0.417 e. The van der Waals surface area contributed by atoms with E-state index in [0.29, 0.717) is 35.1 Å². The highest BCUT2D eigenvalue weighted by molar-refractivity contribution is 5.61. The number of pyridine rings is 2. The highest BCUT2D eigenvalue weighted by Gasteiger charge is 2.49. The topological polar surface area (TPSA) is 84.3 Å². The molecule has 3 aromatic heterocycles. The Labute approximate surface area is 188 Å². The average molecular weight is 457 g/mol. The molecule has 0 amide bonds. The van der Waals surface area contributed by atoms with Gasteiger partial charge >= 0.3 is 6.18 Å². The van der Waals surface area contributed by atoms with Crippen LogP contribution >= 0.6 is 0 Å². The number of hydrogen-bond acceptors (Lipinski definition) is 7. The van der Waals surface area contributed by atoms with Gasteiger partial charge in [0.1, 0.15) is 12.3 Å². The molecule has 172 valence electrons. The Kier molecular flexibility index (Phi) is 5.49. The van der Waals surface area contributed by atoms with Crippen molar-refractivity contribution in [3.63, 3.8) is 0 Å². The van der Waals surface area contributed by atoms with Crippen LogP contribution in [0.5, 0.6) is 5.88 Å². The molecular weight excluding hydrogens is 435 g/mol. The predicted octanol–water partition coefficient (Wildman–Crippen LogP) is 3.79. The summed E-state index contributed by atoms with van der Waals surface area (Å²) < 4.78 is 44.4. The van der Waals surface area contributed by atoms with Crippen LogP contribution in [0.4, 0.5) is 13.2 Å². The minimum atomic E-state index is -4.44. The normalized spacial score (nSPS) is 23.6. The third-order valence-electron chi connectivity index (χ3n) is 6.37. The van der Waals surface area contributed by atoms with Gasteiger partial charge in [0.25, 0.3) is 0 Å². The molecule has 1 saturated heterocycles. The molecular formula is C23H22F3N5O2. The molecule has 1 N–H and O–H groups in total. The number of fused-ring (bicyclic) bond motifs is 2. The third kappa shape index (κ3) is 4.16. The third-order valence-corrected chi connectivity index (χ3v) is 6.37. The minimum Gasteiger partial charge on any atom is -0.473 e. The van der Waals surface area contributed by atoms with Crippen LogP contribution in [0, 0.1) is 12.8 Å². The summed E-state index contributed by atoms with van der Waals surface area (Å²) in [6, 6.07) is 5.62. The summed E-state index contributed by atoms with van der Waals surface area (Å²) in [5.41, 5.74) is 1.21. The van der Waals surface area contributed by atoms with Gasteiger partial charge in [0, 0.05) is 60.3 Å². The van der Waals surface area contributed by atoms with Crippen LogP contribution in [-0.2, 0) is 6.18 Å². The molecule has 1 aliphatic heterocycles. The summed E-state index contributed by atoms with van der Waals surface area (Å²) in [6.45, 7) is 2.52. The quantitative estimate of drug-likeness (QED) is 0.624. The number of aryl methyl sites for hydroxylation is 1. The number of likely N-dealkylation sites (tertiary alicyclic amines) is 1. The van der Waals surface area contributed by atoms with Crippen molar-refractivity contribution < 1.29 is 23.0 Å². The van der Waals surface area contributed by atoms with Crippen LogP contribution < -0.4 is 4.74 Å². The van der Waals surface area contributed by atoms with Crippen molar-refractivity contribution in [2.75, 3.05) is 6.54 Å². The number of piperidine rings is 1. The second-order valence-electron chi connectivity index (χ2n) is 8.44. The standard InChI is InChI=1S/C23H22F3N5O2/c1-13-20(16(5-8-27-13)21-28-6-2-7-29-21)22(32)31-12-14-9-17(31)18(10-14)33-19-4-3-15(11-30-19)23(24,25)26/h2-8,11,14,17-18,22,32H,9-10,12H2,1H3. The van der Waals surface area contributed by atoms with Crippen LogP contribution in [-0.4, -0.2) is 48.6 Å². The number of alkyl halides is 3. The van der Waals surface area contributed by atoms with Crippen LogP contribution in [0.2, 0.25) is 0 Å². The molecule has 4 atom stereocenters. The fourth-order valence-corrected chi connectivity index (χ4v) is 4.89. The van der Waals surface area contributed by atoms with Gasteiger partial charge in [-0.2, -0.15) is 13.2 Å². The van der Waals surface area contributed by atoms with Crippen LogP contribution in [0.1, 0.15) is 35.9 Å². The number of rotatable bonds is 5. The lowest BCUT2D eigenvalue weighted by Gasteiger charge is -2.37. The summed E-state index contributed by atoms with van der Waals surface area (Å²) in [6.07, 6.45) is 1.66. The SMILES string of the molecule is Cc1nccc(-c2ncccn2)c1C(O)N1CC2CC(Oc3ccc(C(F)(F)F)cn3)C1C2. The van der Waals surface area contributed by atoms with Gasteiger partial charge in [0.2, 0.25) is 5.88 Å². The molecule has 3 aromatic rings. The van der Waals surface area contributed by atoms with Crippen LogP contribution in [0.3, 0.4) is 0 Å². The summed E-state index contributed by atoms with van der Waals surface area (Å²) in [5, 5.41) is 11.4. The van der Waals surface area contributed by atoms with Gasteiger partial charge in [-0.1, -0.05) is 0 Å². The molecule has 1 saturated carbocycles. The number of ether oxygens (including phenoxy) is 1. The highest BCUT2D eigenvalue weighted by Crippen LogP contribution is 2.44. The lowest BCUT2D eigenvalue weighted by molar-refractivity contribution is -0.137. The molecule has 2 fully saturated rings. The average Bonchev–Trinajstić information content (AvgIpc) is 3.39. The summed E-state index contributed by atoms with van der Waals surface area (Å²) in [5.74, 6) is 0.964. The molecule has 0 spiro atoms. The van der Waals surface area contributed by atoms with Crippen molar-refractivity contribution in [2.24, 2.45) is 5.92 Å². The van der Waals surface area contributed by atoms with E-state index in [-0.39, 0.29) is 18.0 Å². The summed E-state index contributed by atoms with van der Waals surface area (Å²) in [7, 11) is 0. The van der Waals surface area contributed by atoms with E-state index in [4.69, 9.17) is 4.74 Å². The zero-order chi connectivity index (χ0) is 23.2. The minimum absolute atomic E-state index is 0.0989. The van der Waals surface area contributed by atoms with Crippen molar-refractivity contribution in [2.45, 2.75) is 44.3 Å². The molecule has 7 nitrogen and oxygen atoms in total. The fraction of sp³-hybridized carbons (Fsp3) is 0.391. The maximum atomic E-state index is 12.8. The van der Waals surface area contributed by atoms with Gasteiger partial charge in [-0.05, 0) is 43.9 Å². The first-order chi connectivity index (χ1) is 15.8. The zero-order valence-electron chi connectivity index (χ0n) is 17.8. The van der Waals surface area contributed by atoms with Gasteiger partial charge in [0.05, 0.1) is 5.56 Å².